The molecule has 0 saturated carbocycles. The second-order valence-electron chi connectivity index (χ2n) is 5.54. The van der Waals surface area contributed by atoms with Crippen LogP contribution in [0.15, 0.2) is 0 Å². The van der Waals surface area contributed by atoms with Gasteiger partial charge in [-0.15, -0.1) is 0 Å². The third-order valence-corrected chi connectivity index (χ3v) is 3.63. The Bertz CT molecular complexity index is 228. The molecular formula is C12H25N3O. The van der Waals surface area contributed by atoms with Crippen molar-refractivity contribution in [3.63, 3.8) is 0 Å². The predicted octanol–water partition coefficient (Wildman–Crippen LogP) is 0.130. The lowest BCUT2D eigenvalue weighted by molar-refractivity contribution is -0.0578. The third-order valence-electron chi connectivity index (χ3n) is 3.63. The van der Waals surface area contributed by atoms with Gasteiger partial charge in [0.1, 0.15) is 0 Å². The summed E-state index contributed by atoms with van der Waals surface area (Å²) in [5, 5.41) is 0. The summed E-state index contributed by atoms with van der Waals surface area (Å²) in [6.07, 6.45) is 2.71. The zero-order chi connectivity index (χ0) is 11.6. The average Bonchev–Trinajstić information content (AvgIpc) is 2.15. The summed E-state index contributed by atoms with van der Waals surface area (Å²) in [6.45, 7) is 8.34. The summed E-state index contributed by atoms with van der Waals surface area (Å²) in [6, 6.07) is 0. The van der Waals surface area contributed by atoms with Gasteiger partial charge in [0.25, 0.3) is 0 Å². The highest BCUT2D eigenvalue weighted by atomic mass is 16.5. The van der Waals surface area contributed by atoms with Gasteiger partial charge in [0, 0.05) is 38.3 Å². The molecule has 2 saturated heterocycles. The Morgan fingerprint density at radius 3 is 2.81 bits per heavy atom. The van der Waals surface area contributed by atoms with Gasteiger partial charge in [-0.25, -0.2) is 0 Å². The minimum atomic E-state index is 0.0926. The Kier molecular flexibility index (Phi) is 3.85. The molecule has 0 aromatic rings. The van der Waals surface area contributed by atoms with Gasteiger partial charge in [-0.2, -0.15) is 0 Å². The van der Waals surface area contributed by atoms with Crippen molar-refractivity contribution >= 4 is 0 Å². The molecule has 2 fully saturated rings. The molecule has 0 amide bonds. The maximum absolute atomic E-state index is 6.24. The van der Waals surface area contributed by atoms with Crippen molar-refractivity contribution < 1.29 is 4.74 Å². The number of hydrogen-bond acceptors (Lipinski definition) is 4. The van der Waals surface area contributed by atoms with Crippen molar-refractivity contribution in [1.82, 2.24) is 9.80 Å². The topological polar surface area (TPSA) is 41.7 Å². The van der Waals surface area contributed by atoms with E-state index in [9.17, 15) is 0 Å². The van der Waals surface area contributed by atoms with Crippen LogP contribution >= 0.6 is 0 Å². The molecule has 1 unspecified atom stereocenters. The minimum Gasteiger partial charge on any atom is -0.374 e. The van der Waals surface area contributed by atoms with Gasteiger partial charge in [-0.3, -0.25) is 4.90 Å². The molecule has 2 aliphatic rings. The molecule has 2 aliphatic heterocycles. The molecule has 2 heterocycles. The van der Waals surface area contributed by atoms with E-state index in [4.69, 9.17) is 10.5 Å². The first-order valence-corrected chi connectivity index (χ1v) is 6.43. The summed E-state index contributed by atoms with van der Waals surface area (Å²) < 4.78 is 5.76. The van der Waals surface area contributed by atoms with Gasteiger partial charge in [-0.05, 0) is 13.5 Å². The van der Waals surface area contributed by atoms with E-state index in [-0.39, 0.29) is 5.54 Å². The maximum atomic E-state index is 6.24. The van der Waals surface area contributed by atoms with Crippen molar-refractivity contribution in [1.29, 1.82) is 0 Å². The van der Waals surface area contributed by atoms with Crippen LogP contribution in [0.2, 0.25) is 0 Å². The van der Waals surface area contributed by atoms with Crippen molar-refractivity contribution in [2.24, 2.45) is 5.73 Å². The van der Waals surface area contributed by atoms with E-state index in [2.05, 4.69) is 23.8 Å². The van der Waals surface area contributed by atoms with Crippen molar-refractivity contribution in [2.75, 3.05) is 46.4 Å². The van der Waals surface area contributed by atoms with Crippen LogP contribution < -0.4 is 5.73 Å². The number of likely N-dealkylation sites (N-methyl/N-ethyl adjacent to an activating group) is 1. The SMILES string of the molecule is CCCC1(N)CN(CC2CN(C)CCO2)C1. The smallest absolute Gasteiger partial charge is 0.0829 e. The van der Waals surface area contributed by atoms with Crippen molar-refractivity contribution in [3.05, 3.63) is 0 Å². The van der Waals surface area contributed by atoms with Crippen LogP contribution in [0.1, 0.15) is 19.8 Å². The third kappa shape index (κ3) is 2.94. The van der Waals surface area contributed by atoms with E-state index in [1.54, 1.807) is 0 Å². The van der Waals surface area contributed by atoms with Gasteiger partial charge >= 0.3 is 0 Å². The molecule has 0 aromatic carbocycles. The number of likely N-dealkylation sites (tertiary alicyclic amines) is 1. The minimum absolute atomic E-state index is 0.0926. The van der Waals surface area contributed by atoms with Crippen LogP contribution in [0.25, 0.3) is 0 Å². The molecule has 0 aliphatic carbocycles. The first kappa shape index (κ1) is 12.3. The number of rotatable bonds is 4. The zero-order valence-electron chi connectivity index (χ0n) is 10.6. The van der Waals surface area contributed by atoms with Gasteiger partial charge in [0.15, 0.2) is 0 Å². The van der Waals surface area contributed by atoms with Crippen LogP contribution in [0.3, 0.4) is 0 Å². The highest BCUT2D eigenvalue weighted by molar-refractivity contribution is 5.00. The summed E-state index contributed by atoms with van der Waals surface area (Å²) in [5.41, 5.74) is 6.34. The lowest BCUT2D eigenvalue weighted by Gasteiger charge is -2.49. The van der Waals surface area contributed by atoms with Gasteiger partial charge in [-0.1, -0.05) is 13.3 Å². The van der Waals surface area contributed by atoms with Gasteiger partial charge in [0.05, 0.1) is 12.7 Å². The Morgan fingerprint density at radius 2 is 2.19 bits per heavy atom. The fourth-order valence-electron chi connectivity index (χ4n) is 2.89. The van der Waals surface area contributed by atoms with Crippen LogP contribution in [0, 0.1) is 0 Å². The van der Waals surface area contributed by atoms with Crippen molar-refractivity contribution in [2.45, 2.75) is 31.4 Å². The molecule has 4 heteroatoms. The number of morpholine rings is 1. The van der Waals surface area contributed by atoms with Crippen LogP contribution in [-0.4, -0.2) is 67.8 Å². The molecule has 94 valence electrons. The highest BCUT2D eigenvalue weighted by Crippen LogP contribution is 2.23. The van der Waals surface area contributed by atoms with E-state index in [0.717, 1.165) is 45.8 Å². The molecule has 0 radical (unpaired) electrons. The Balaban J connectivity index is 1.68. The Hall–Kier alpha value is -0.160. The molecule has 4 nitrogen and oxygen atoms in total. The maximum Gasteiger partial charge on any atom is 0.0829 e. The van der Waals surface area contributed by atoms with Gasteiger partial charge < -0.3 is 15.4 Å². The normalized spacial score (nSPS) is 31.3. The molecule has 2 N–H and O–H groups in total. The quantitative estimate of drug-likeness (QED) is 0.741. The van der Waals surface area contributed by atoms with E-state index in [0.29, 0.717) is 6.10 Å². The van der Waals surface area contributed by atoms with E-state index in [1.165, 1.54) is 6.42 Å². The predicted molar refractivity (Wildman–Crippen MR) is 65.5 cm³/mol. The van der Waals surface area contributed by atoms with E-state index < -0.39 is 0 Å². The monoisotopic (exact) mass is 227 g/mol. The largest absolute Gasteiger partial charge is 0.374 e. The summed E-state index contributed by atoms with van der Waals surface area (Å²) >= 11 is 0. The molecule has 1 atom stereocenters. The summed E-state index contributed by atoms with van der Waals surface area (Å²) in [4.78, 5) is 4.77. The van der Waals surface area contributed by atoms with Crippen LogP contribution in [0.5, 0.6) is 0 Å². The Morgan fingerprint density at radius 1 is 1.44 bits per heavy atom. The van der Waals surface area contributed by atoms with Crippen molar-refractivity contribution in [3.8, 4) is 0 Å². The molecule has 0 bridgehead atoms. The number of ether oxygens (including phenoxy) is 1. The second-order valence-corrected chi connectivity index (χ2v) is 5.54. The summed E-state index contributed by atoms with van der Waals surface area (Å²) in [7, 11) is 2.16. The first-order chi connectivity index (χ1) is 7.61. The highest BCUT2D eigenvalue weighted by Gasteiger charge is 2.39. The Labute approximate surface area is 98.7 Å². The van der Waals surface area contributed by atoms with E-state index in [1.807, 2.05) is 0 Å². The zero-order valence-corrected chi connectivity index (χ0v) is 10.6. The van der Waals surface area contributed by atoms with Gasteiger partial charge in [0.2, 0.25) is 0 Å². The lowest BCUT2D eigenvalue weighted by Crippen LogP contribution is -2.68. The van der Waals surface area contributed by atoms with Crippen LogP contribution in [0.4, 0.5) is 0 Å². The standard InChI is InChI=1S/C12H25N3O/c1-3-4-12(13)9-15(10-12)8-11-7-14(2)5-6-16-11/h11H,3-10,13H2,1-2H3. The molecule has 0 aromatic heterocycles. The molecule has 2 rings (SSSR count). The first-order valence-electron chi connectivity index (χ1n) is 6.43. The second kappa shape index (κ2) is 5.00. The fourth-order valence-corrected chi connectivity index (χ4v) is 2.89. The molecule has 16 heavy (non-hydrogen) atoms. The average molecular weight is 227 g/mol. The molecule has 0 spiro atoms. The number of nitrogens with two attached hydrogens (primary N) is 1. The summed E-state index contributed by atoms with van der Waals surface area (Å²) in [5.74, 6) is 0. The fraction of sp³-hybridized carbons (Fsp3) is 1.00. The molecular weight excluding hydrogens is 202 g/mol. The lowest BCUT2D eigenvalue weighted by atomic mass is 9.86. The van der Waals surface area contributed by atoms with E-state index >= 15 is 0 Å². The number of hydrogen-bond donors (Lipinski definition) is 1. The number of nitrogens with zero attached hydrogens (tertiary/aromatic N) is 2. The van der Waals surface area contributed by atoms with Crippen LogP contribution in [-0.2, 0) is 4.74 Å².